The molecular formula is C17H23NO2. The lowest BCUT2D eigenvalue weighted by molar-refractivity contribution is -0.123. The van der Waals surface area contributed by atoms with E-state index in [9.17, 15) is 9.90 Å². The molecule has 3 nitrogen and oxygen atoms in total. The molecular weight excluding hydrogens is 250 g/mol. The molecule has 1 aromatic rings. The molecule has 0 radical (unpaired) electrons. The molecule has 2 fully saturated rings. The van der Waals surface area contributed by atoms with Crippen LogP contribution in [0.3, 0.4) is 0 Å². The van der Waals surface area contributed by atoms with Crippen LogP contribution >= 0.6 is 0 Å². The van der Waals surface area contributed by atoms with Crippen molar-refractivity contribution in [2.45, 2.75) is 44.1 Å². The van der Waals surface area contributed by atoms with Gasteiger partial charge in [-0.2, -0.15) is 0 Å². The molecule has 0 heterocycles. The molecule has 2 aliphatic carbocycles. The van der Waals surface area contributed by atoms with Crippen molar-refractivity contribution in [2.75, 3.05) is 6.54 Å². The summed E-state index contributed by atoms with van der Waals surface area (Å²) in [6.45, 7) is 0.418. The van der Waals surface area contributed by atoms with Crippen LogP contribution in [0, 0.1) is 11.8 Å². The van der Waals surface area contributed by atoms with Crippen LogP contribution < -0.4 is 5.32 Å². The van der Waals surface area contributed by atoms with Gasteiger partial charge in [0.25, 0.3) is 0 Å². The summed E-state index contributed by atoms with van der Waals surface area (Å²) in [6.07, 6.45) is 5.22. The van der Waals surface area contributed by atoms with Gasteiger partial charge in [0.1, 0.15) is 0 Å². The van der Waals surface area contributed by atoms with Gasteiger partial charge in [0.2, 0.25) is 5.91 Å². The highest BCUT2D eigenvalue weighted by molar-refractivity contribution is 5.82. The molecule has 1 aromatic carbocycles. The van der Waals surface area contributed by atoms with Crippen molar-refractivity contribution >= 4 is 5.91 Å². The summed E-state index contributed by atoms with van der Waals surface area (Å²) in [5.74, 6) is 0.975. The summed E-state index contributed by atoms with van der Waals surface area (Å²) in [6, 6.07) is 10.2. The number of nitrogens with one attached hydrogen (secondary N) is 1. The maximum Gasteiger partial charge on any atom is 0.223 e. The summed E-state index contributed by atoms with van der Waals surface area (Å²) in [5.41, 5.74) is 1.25. The second-order valence-corrected chi connectivity index (χ2v) is 6.22. The molecule has 3 rings (SSSR count). The molecule has 0 spiro atoms. The third kappa shape index (κ3) is 3.04. The maximum atomic E-state index is 12.1. The topological polar surface area (TPSA) is 49.3 Å². The molecule has 0 aromatic heterocycles. The lowest BCUT2D eigenvalue weighted by Crippen LogP contribution is -2.36. The smallest absolute Gasteiger partial charge is 0.223 e. The SMILES string of the molecule is O=C(NCC(O)C1CCCC1)C1CC1c1ccccc1. The first-order chi connectivity index (χ1) is 9.75. The van der Waals surface area contributed by atoms with E-state index in [0.717, 1.165) is 19.3 Å². The molecule has 3 heteroatoms. The predicted molar refractivity (Wildman–Crippen MR) is 78.3 cm³/mol. The fourth-order valence-corrected chi connectivity index (χ4v) is 3.40. The molecule has 0 aliphatic heterocycles. The average Bonchev–Trinajstić information content (AvgIpc) is 3.10. The van der Waals surface area contributed by atoms with E-state index in [1.54, 1.807) is 0 Å². The highest BCUT2D eigenvalue weighted by Gasteiger charge is 2.43. The lowest BCUT2D eigenvalue weighted by atomic mass is 10.0. The molecule has 2 saturated carbocycles. The molecule has 108 valence electrons. The lowest BCUT2D eigenvalue weighted by Gasteiger charge is -2.18. The minimum Gasteiger partial charge on any atom is -0.391 e. The molecule has 2 aliphatic rings. The summed E-state index contributed by atoms with van der Waals surface area (Å²) in [5, 5.41) is 13.0. The first kappa shape index (κ1) is 13.6. The molecule has 0 bridgehead atoms. The number of aliphatic hydroxyl groups excluding tert-OH is 1. The summed E-state index contributed by atoms with van der Waals surface area (Å²) in [7, 11) is 0. The van der Waals surface area contributed by atoms with Gasteiger partial charge in [-0.3, -0.25) is 4.79 Å². The van der Waals surface area contributed by atoms with Crippen molar-refractivity contribution in [2.24, 2.45) is 11.8 Å². The average molecular weight is 273 g/mol. The number of carbonyl (C=O) groups excluding carboxylic acids is 1. The molecule has 3 atom stereocenters. The van der Waals surface area contributed by atoms with E-state index in [1.807, 2.05) is 18.2 Å². The van der Waals surface area contributed by atoms with Gasteiger partial charge in [0.05, 0.1) is 6.10 Å². The zero-order valence-electron chi connectivity index (χ0n) is 11.8. The normalized spacial score (nSPS) is 27.2. The van der Waals surface area contributed by atoms with Gasteiger partial charge >= 0.3 is 0 Å². The van der Waals surface area contributed by atoms with Gasteiger partial charge in [-0.25, -0.2) is 0 Å². The summed E-state index contributed by atoms with van der Waals surface area (Å²) >= 11 is 0. The molecule has 20 heavy (non-hydrogen) atoms. The van der Waals surface area contributed by atoms with Crippen LogP contribution in [0.4, 0.5) is 0 Å². The third-order valence-electron chi connectivity index (χ3n) is 4.78. The largest absolute Gasteiger partial charge is 0.391 e. The Hall–Kier alpha value is -1.35. The van der Waals surface area contributed by atoms with Crippen molar-refractivity contribution < 1.29 is 9.90 Å². The number of hydrogen-bond acceptors (Lipinski definition) is 2. The minimum atomic E-state index is -0.365. The summed E-state index contributed by atoms with van der Waals surface area (Å²) in [4.78, 5) is 12.1. The van der Waals surface area contributed by atoms with Gasteiger partial charge in [-0.05, 0) is 36.7 Å². The van der Waals surface area contributed by atoms with Gasteiger partial charge in [0, 0.05) is 12.5 Å². The van der Waals surface area contributed by atoms with Crippen molar-refractivity contribution in [3.8, 4) is 0 Å². The highest BCUT2D eigenvalue weighted by Crippen LogP contribution is 2.47. The van der Waals surface area contributed by atoms with Crippen molar-refractivity contribution in [3.05, 3.63) is 35.9 Å². The highest BCUT2D eigenvalue weighted by atomic mass is 16.3. The van der Waals surface area contributed by atoms with E-state index >= 15 is 0 Å². The Kier molecular flexibility index (Phi) is 4.06. The minimum absolute atomic E-state index is 0.105. The number of amides is 1. The Labute approximate surface area is 120 Å². The van der Waals surface area contributed by atoms with Crippen LogP contribution in [0.25, 0.3) is 0 Å². The Balaban J connectivity index is 1.44. The van der Waals surface area contributed by atoms with Gasteiger partial charge < -0.3 is 10.4 Å². The van der Waals surface area contributed by atoms with Crippen LogP contribution in [-0.4, -0.2) is 23.7 Å². The third-order valence-corrected chi connectivity index (χ3v) is 4.78. The quantitative estimate of drug-likeness (QED) is 0.866. The maximum absolute atomic E-state index is 12.1. The van der Waals surface area contributed by atoms with E-state index in [4.69, 9.17) is 0 Å². The van der Waals surface area contributed by atoms with Crippen LogP contribution in [0.15, 0.2) is 30.3 Å². The first-order valence-electron chi connectivity index (χ1n) is 7.76. The van der Waals surface area contributed by atoms with Crippen LogP contribution in [0.2, 0.25) is 0 Å². The monoisotopic (exact) mass is 273 g/mol. The number of benzene rings is 1. The van der Waals surface area contributed by atoms with Crippen LogP contribution in [-0.2, 0) is 4.79 Å². The Morgan fingerprint density at radius 1 is 1.25 bits per heavy atom. The fraction of sp³-hybridized carbons (Fsp3) is 0.588. The van der Waals surface area contributed by atoms with E-state index < -0.39 is 0 Å². The first-order valence-corrected chi connectivity index (χ1v) is 7.76. The second-order valence-electron chi connectivity index (χ2n) is 6.22. The molecule has 3 unspecified atom stereocenters. The van der Waals surface area contributed by atoms with Crippen LogP contribution in [0.1, 0.15) is 43.6 Å². The number of aliphatic hydroxyl groups is 1. The molecule has 0 saturated heterocycles. The van der Waals surface area contributed by atoms with E-state index in [1.165, 1.54) is 18.4 Å². The van der Waals surface area contributed by atoms with E-state index in [0.29, 0.717) is 18.4 Å². The van der Waals surface area contributed by atoms with E-state index in [2.05, 4.69) is 17.4 Å². The Morgan fingerprint density at radius 2 is 1.95 bits per heavy atom. The zero-order chi connectivity index (χ0) is 13.9. The van der Waals surface area contributed by atoms with Crippen LogP contribution in [0.5, 0.6) is 0 Å². The summed E-state index contributed by atoms with van der Waals surface area (Å²) < 4.78 is 0. The van der Waals surface area contributed by atoms with Crippen molar-refractivity contribution in [3.63, 3.8) is 0 Å². The Bertz CT molecular complexity index is 453. The van der Waals surface area contributed by atoms with Crippen molar-refractivity contribution in [1.82, 2.24) is 5.32 Å². The van der Waals surface area contributed by atoms with E-state index in [-0.39, 0.29) is 17.9 Å². The van der Waals surface area contributed by atoms with Gasteiger partial charge in [0.15, 0.2) is 0 Å². The Morgan fingerprint density at radius 3 is 2.65 bits per heavy atom. The van der Waals surface area contributed by atoms with Gasteiger partial charge in [-0.1, -0.05) is 43.2 Å². The standard InChI is InChI=1S/C17H23NO2/c19-16(13-8-4-5-9-13)11-18-17(20)15-10-14(15)12-6-2-1-3-7-12/h1-3,6-7,13-16,19H,4-5,8-11H2,(H,18,20). The molecule has 1 amide bonds. The number of carbonyl (C=O) groups is 1. The number of rotatable bonds is 5. The number of hydrogen-bond donors (Lipinski definition) is 2. The van der Waals surface area contributed by atoms with Gasteiger partial charge in [-0.15, -0.1) is 0 Å². The fourth-order valence-electron chi connectivity index (χ4n) is 3.40. The van der Waals surface area contributed by atoms with Crippen molar-refractivity contribution in [1.29, 1.82) is 0 Å². The zero-order valence-corrected chi connectivity index (χ0v) is 11.8. The second kappa shape index (κ2) is 5.96. The predicted octanol–water partition coefficient (Wildman–Crippen LogP) is 2.46. The molecule has 2 N–H and O–H groups in total.